The first-order chi connectivity index (χ1) is 48.6. The van der Waals surface area contributed by atoms with Crippen molar-refractivity contribution in [2.24, 2.45) is 11.5 Å². The molecule has 5 aliphatic rings. The summed E-state index contributed by atoms with van der Waals surface area (Å²) >= 11 is 0. The zero-order valence-corrected chi connectivity index (χ0v) is 52.9. The fraction of sp³-hybridized carbons (Fsp3) is 0.286. The monoisotopic (exact) mass is 1270 g/mol. The minimum absolute atomic E-state index is 0.0369. The molecule has 0 aromatic heterocycles. The molecule has 2 spiro atoms. The van der Waals surface area contributed by atoms with Crippen molar-refractivity contribution in [2.75, 3.05) is 145 Å². The maximum atomic E-state index is 13.3. The van der Waals surface area contributed by atoms with Gasteiger partial charge in [-0.05, 0) is 313 Å². The SMILES string of the molecule is NCCOCCOCCNC(=O)CN(CCOCCOCCN1CC23c4c5c6c7c8c9c(c%10c%11c2c2c4c4c%12c5c5c6c6c8c8c%13c9c9c%10c%10c%11c%11c2c2c4c4c%12c%12c5c5c6c8c6c8c%13c9c9c%10c%10c%11c2c2c4c4c%12c5c6c5c8c9c%10c2c45)C73C1)CC(=O)NCCOCCOCCN. The Morgan fingerprint density at radius 3 is 0.724 bits per heavy atom. The Morgan fingerprint density at radius 1 is 0.286 bits per heavy atom. The molecule has 2 amide bonds. The second-order valence-corrected chi connectivity index (χ2v) is 31.9. The van der Waals surface area contributed by atoms with Crippen molar-refractivity contribution in [3.63, 3.8) is 0 Å². The predicted octanol–water partition coefficient (Wildman–Crippen LogP) is 13.2. The van der Waals surface area contributed by atoms with Crippen LogP contribution in [0.2, 0.25) is 0 Å². The minimum atomic E-state index is -0.303. The highest BCUT2D eigenvalue weighted by molar-refractivity contribution is 6.82. The van der Waals surface area contributed by atoms with Gasteiger partial charge in [-0.3, -0.25) is 19.4 Å². The Labute approximate surface area is 547 Å². The summed E-state index contributed by atoms with van der Waals surface area (Å²) in [6.45, 7) is 10.0. The third-order valence-corrected chi connectivity index (χ3v) is 29.2. The zero-order valence-electron chi connectivity index (χ0n) is 52.9. The average Bonchev–Trinajstić information content (AvgIpc) is 1.38. The molecular weight excluding hydrogens is 1220 g/mol. The Balaban J connectivity index is 0.558. The van der Waals surface area contributed by atoms with Crippen molar-refractivity contribution in [3.05, 3.63) is 22.3 Å². The number of carbonyl (C=O) groups is 2. The molecular formula is C84H50N6O8. The molecule has 33 rings (SSSR count). The number of rotatable bonds is 29. The molecule has 98 heavy (non-hydrogen) atoms. The van der Waals surface area contributed by atoms with Crippen LogP contribution in [-0.2, 0) is 48.8 Å². The molecule has 464 valence electrons. The lowest BCUT2D eigenvalue weighted by atomic mass is 9.50. The van der Waals surface area contributed by atoms with Gasteiger partial charge >= 0.3 is 0 Å². The van der Waals surface area contributed by atoms with E-state index in [4.69, 9.17) is 39.9 Å². The summed E-state index contributed by atoms with van der Waals surface area (Å²) in [5.74, 6) is -0.380. The minimum Gasteiger partial charge on any atom is -0.378 e. The Hall–Kier alpha value is -9.00. The van der Waals surface area contributed by atoms with Crippen molar-refractivity contribution in [1.29, 1.82) is 0 Å². The molecule has 0 unspecified atom stereocenters. The van der Waals surface area contributed by atoms with Crippen LogP contribution in [-0.4, -0.2) is 166 Å². The second kappa shape index (κ2) is 13.9. The fourth-order valence-corrected chi connectivity index (χ4v) is 27.8. The summed E-state index contributed by atoms with van der Waals surface area (Å²) in [4.78, 5) is 31.3. The summed E-state index contributed by atoms with van der Waals surface area (Å²) in [6, 6.07) is 0. The predicted molar refractivity (Wildman–Crippen MR) is 396 cm³/mol. The highest BCUT2D eigenvalue weighted by Crippen LogP contribution is 2.85. The van der Waals surface area contributed by atoms with E-state index in [1.807, 2.05) is 4.90 Å². The highest BCUT2D eigenvalue weighted by Gasteiger charge is 2.73. The first kappa shape index (κ1) is 47.9. The van der Waals surface area contributed by atoms with Gasteiger partial charge in [0.15, 0.2) is 0 Å². The van der Waals surface area contributed by atoms with E-state index in [9.17, 15) is 9.59 Å². The topological polar surface area (TPSA) is 172 Å². The van der Waals surface area contributed by atoms with Crippen LogP contribution in [0.4, 0.5) is 0 Å². The number of carbonyl (C=O) groups excluding carboxylic acids is 2. The van der Waals surface area contributed by atoms with Crippen LogP contribution >= 0.6 is 0 Å². The molecule has 28 aromatic rings. The van der Waals surface area contributed by atoms with Crippen molar-refractivity contribution in [2.45, 2.75) is 10.8 Å². The molecule has 0 bridgehead atoms. The lowest BCUT2D eigenvalue weighted by Gasteiger charge is -2.49. The molecule has 1 saturated heterocycles. The quantitative estimate of drug-likeness (QED) is 0.0259. The molecule has 1 fully saturated rings. The number of ether oxygens (including phenoxy) is 6. The number of hydrogen-bond donors (Lipinski definition) is 4. The van der Waals surface area contributed by atoms with Gasteiger partial charge in [-0.2, -0.15) is 0 Å². The van der Waals surface area contributed by atoms with Gasteiger partial charge in [-0.25, -0.2) is 0 Å². The van der Waals surface area contributed by atoms with Gasteiger partial charge < -0.3 is 50.5 Å². The van der Waals surface area contributed by atoms with Crippen molar-refractivity contribution < 1.29 is 38.0 Å². The smallest absolute Gasteiger partial charge is 0.234 e. The van der Waals surface area contributed by atoms with Gasteiger partial charge in [0.25, 0.3) is 0 Å². The average molecular weight is 1270 g/mol. The van der Waals surface area contributed by atoms with Crippen LogP contribution in [0.15, 0.2) is 0 Å². The van der Waals surface area contributed by atoms with Gasteiger partial charge in [-0.1, -0.05) is 0 Å². The summed E-state index contributed by atoms with van der Waals surface area (Å²) in [5.41, 5.74) is 17.3. The number of amides is 2. The summed E-state index contributed by atoms with van der Waals surface area (Å²) in [6.07, 6.45) is 0. The van der Waals surface area contributed by atoms with Crippen LogP contribution in [0, 0.1) is 0 Å². The molecule has 0 saturated carbocycles. The van der Waals surface area contributed by atoms with E-state index in [2.05, 4.69) is 15.5 Å². The highest BCUT2D eigenvalue weighted by atomic mass is 16.5. The molecule has 0 radical (unpaired) electrons. The van der Waals surface area contributed by atoms with E-state index in [1.165, 1.54) is 0 Å². The molecule has 4 aliphatic carbocycles. The molecule has 14 heteroatoms. The van der Waals surface area contributed by atoms with Crippen molar-refractivity contribution in [3.8, 4) is 0 Å². The van der Waals surface area contributed by atoms with Crippen LogP contribution in [0.3, 0.4) is 0 Å². The van der Waals surface area contributed by atoms with E-state index in [0.29, 0.717) is 112 Å². The fourth-order valence-electron chi connectivity index (χ4n) is 27.8. The number of hydrogen-bond acceptors (Lipinski definition) is 12. The summed E-state index contributed by atoms with van der Waals surface area (Å²) in [7, 11) is 0. The van der Waals surface area contributed by atoms with E-state index in [0.717, 1.165) is 19.6 Å². The van der Waals surface area contributed by atoms with E-state index in [1.54, 1.807) is 313 Å². The molecule has 28 aromatic carbocycles. The van der Waals surface area contributed by atoms with Gasteiger partial charge in [-0.15, -0.1) is 0 Å². The number of nitrogens with two attached hydrogens (primary N) is 2. The lowest BCUT2D eigenvalue weighted by Crippen LogP contribution is -2.51. The molecule has 1 aliphatic heterocycles. The third-order valence-electron chi connectivity index (χ3n) is 29.2. The lowest BCUT2D eigenvalue weighted by molar-refractivity contribution is -0.125. The Kier molecular flexibility index (Phi) is 6.78. The van der Waals surface area contributed by atoms with Crippen molar-refractivity contribution in [1.82, 2.24) is 20.4 Å². The summed E-state index contributed by atoms with van der Waals surface area (Å²) in [5, 5.41) is 94.0. The third kappa shape index (κ3) is 3.77. The maximum absolute atomic E-state index is 13.3. The van der Waals surface area contributed by atoms with Gasteiger partial charge in [0.2, 0.25) is 11.8 Å². The van der Waals surface area contributed by atoms with Crippen molar-refractivity contribution >= 4 is 303 Å². The molecule has 0 atom stereocenters. The molecule has 1 heterocycles. The van der Waals surface area contributed by atoms with E-state index < -0.39 is 0 Å². The first-order valence-corrected chi connectivity index (χ1v) is 36.2. The first-order valence-electron chi connectivity index (χ1n) is 36.2. The number of nitrogens with one attached hydrogen (secondary N) is 2. The molecule has 14 nitrogen and oxygen atoms in total. The number of nitrogens with zero attached hydrogens (tertiary/aromatic N) is 2. The van der Waals surface area contributed by atoms with Gasteiger partial charge in [0.05, 0.1) is 103 Å². The van der Waals surface area contributed by atoms with Crippen LogP contribution in [0.5, 0.6) is 0 Å². The van der Waals surface area contributed by atoms with Gasteiger partial charge in [0.1, 0.15) is 0 Å². The Bertz CT molecular complexity index is 7290. The normalized spacial score (nSPS) is 19.7. The van der Waals surface area contributed by atoms with Crippen LogP contribution in [0.25, 0.3) is 291 Å². The largest absolute Gasteiger partial charge is 0.378 e. The standard InChI is InChI=1S/C84H50N6O8/c85-1-7-93-13-15-95-9-3-87-23(91)19-89(20-24(92)88-4-10-96-16-14-94-8-2-86)5-11-97-17-18-98-12-6-90-21-83-79-71-63-53-43-35-27-25-26-29-33-31(27)39-47-41(33)51-45-37(29)38-30(26)34-32-28(25)36(35)44-50-40(32)48-42(34)52-46(38)56-55(45)65-59(51)69-61(47)67(57(63)49(39)43)75(79)77(69)81-73(65)74-66(56)60(52)70-62(48)68-58(50)64(54(44)53)72(71)80(83)76(68)78(70)82(74)84(81,83)22-90/h1-22,85-86H2,(H,87,91)(H,88,92). The molecule has 6 N–H and O–H groups in total. The van der Waals surface area contributed by atoms with E-state index in [-0.39, 0.29) is 35.7 Å². The second-order valence-electron chi connectivity index (χ2n) is 31.9. The van der Waals surface area contributed by atoms with Crippen LogP contribution < -0.4 is 22.1 Å². The zero-order chi connectivity index (χ0) is 62.0. The van der Waals surface area contributed by atoms with E-state index >= 15 is 0 Å². The maximum Gasteiger partial charge on any atom is 0.234 e. The Morgan fingerprint density at radius 2 is 0.490 bits per heavy atom. The van der Waals surface area contributed by atoms with Crippen LogP contribution in [0.1, 0.15) is 22.3 Å². The summed E-state index contributed by atoms with van der Waals surface area (Å²) < 4.78 is 35.2. The van der Waals surface area contributed by atoms with Gasteiger partial charge in [0, 0.05) is 52.4 Å². The number of likely N-dealkylation sites (tertiary alicyclic amines) is 1. The number of benzene rings is 18.